The zero-order valence-electron chi connectivity index (χ0n) is 19.1. The maximum atomic E-state index is 13.7. The van der Waals surface area contributed by atoms with Gasteiger partial charge >= 0.3 is 0 Å². The summed E-state index contributed by atoms with van der Waals surface area (Å²) in [6, 6.07) is 7.69. The van der Waals surface area contributed by atoms with Gasteiger partial charge in [-0.2, -0.15) is 0 Å². The number of piperazine rings is 1. The molecule has 170 valence electrons. The van der Waals surface area contributed by atoms with Crippen LogP contribution in [0.1, 0.15) is 62.2 Å². The molecule has 2 heterocycles. The van der Waals surface area contributed by atoms with Gasteiger partial charge in [0.1, 0.15) is 5.75 Å². The van der Waals surface area contributed by atoms with Gasteiger partial charge in [-0.25, -0.2) is 0 Å². The predicted molar refractivity (Wildman–Crippen MR) is 121 cm³/mol. The zero-order chi connectivity index (χ0) is 21.8. The first kappa shape index (κ1) is 22.1. The molecule has 0 aromatic heterocycles. The lowest BCUT2D eigenvalue weighted by molar-refractivity contribution is -0.143. The van der Waals surface area contributed by atoms with E-state index in [0.29, 0.717) is 42.3 Å². The average Bonchev–Trinajstić information content (AvgIpc) is 3.34. The van der Waals surface area contributed by atoms with E-state index in [4.69, 9.17) is 4.74 Å². The van der Waals surface area contributed by atoms with Crippen molar-refractivity contribution in [3.63, 3.8) is 0 Å². The summed E-state index contributed by atoms with van der Waals surface area (Å²) < 4.78 is 5.27. The van der Waals surface area contributed by atoms with E-state index >= 15 is 0 Å². The molecule has 2 amide bonds. The zero-order valence-corrected chi connectivity index (χ0v) is 19.1. The number of piperidine rings is 1. The molecule has 3 aliphatic rings. The first-order valence-corrected chi connectivity index (χ1v) is 12.1. The lowest BCUT2D eigenvalue weighted by Gasteiger charge is -2.44. The van der Waals surface area contributed by atoms with Crippen molar-refractivity contribution < 1.29 is 14.3 Å². The van der Waals surface area contributed by atoms with Crippen molar-refractivity contribution in [3.8, 4) is 5.75 Å². The van der Waals surface area contributed by atoms with Crippen molar-refractivity contribution in [1.82, 2.24) is 14.7 Å². The molecule has 2 aliphatic heterocycles. The second kappa shape index (κ2) is 10.0. The summed E-state index contributed by atoms with van der Waals surface area (Å²) in [7, 11) is 1.62. The van der Waals surface area contributed by atoms with E-state index in [1.54, 1.807) is 13.2 Å². The van der Waals surface area contributed by atoms with Crippen LogP contribution in [0.15, 0.2) is 24.3 Å². The summed E-state index contributed by atoms with van der Waals surface area (Å²) in [5.74, 6) is 1.55. The first-order valence-electron chi connectivity index (χ1n) is 12.1. The molecule has 2 saturated heterocycles. The van der Waals surface area contributed by atoms with E-state index in [9.17, 15) is 9.59 Å². The second-order valence-corrected chi connectivity index (χ2v) is 9.43. The quantitative estimate of drug-likeness (QED) is 0.723. The number of nitrogens with zero attached hydrogens (tertiary/aromatic N) is 3. The Kier molecular flexibility index (Phi) is 7.16. The van der Waals surface area contributed by atoms with Crippen LogP contribution < -0.4 is 4.74 Å². The van der Waals surface area contributed by atoms with Crippen LogP contribution >= 0.6 is 0 Å². The summed E-state index contributed by atoms with van der Waals surface area (Å²) in [5.41, 5.74) is 0.665. The molecule has 0 bridgehead atoms. The number of hydrogen-bond donors (Lipinski definition) is 0. The van der Waals surface area contributed by atoms with E-state index in [1.165, 1.54) is 19.3 Å². The highest BCUT2D eigenvalue weighted by molar-refractivity contribution is 5.94. The number of hydrogen-bond acceptors (Lipinski definition) is 4. The minimum absolute atomic E-state index is 0.0166. The van der Waals surface area contributed by atoms with Crippen molar-refractivity contribution in [2.75, 3.05) is 39.8 Å². The molecule has 3 fully saturated rings. The van der Waals surface area contributed by atoms with Crippen LogP contribution in [0.4, 0.5) is 0 Å². The molecule has 31 heavy (non-hydrogen) atoms. The standard InChI is InChI=1S/C25H37N3O3/c1-19-8-5-6-13-28(19)25(30)23(20-9-3-4-10-20)26-14-16-27(17-15-26)24(29)21-11-7-12-22(18-21)31-2/h7,11-12,18-20,23H,3-6,8-10,13-17H2,1-2H3/t19-,23+/m0/s1. The number of methoxy groups -OCH3 is 1. The van der Waals surface area contributed by atoms with Crippen LogP contribution in [-0.4, -0.2) is 78.4 Å². The van der Waals surface area contributed by atoms with Gasteiger partial charge in [0.2, 0.25) is 5.91 Å². The molecular weight excluding hydrogens is 390 g/mol. The first-order chi connectivity index (χ1) is 15.1. The van der Waals surface area contributed by atoms with Gasteiger partial charge in [0.05, 0.1) is 13.2 Å². The van der Waals surface area contributed by atoms with Crippen LogP contribution in [0, 0.1) is 5.92 Å². The number of carbonyl (C=O) groups is 2. The van der Waals surface area contributed by atoms with E-state index in [0.717, 1.165) is 45.3 Å². The fraction of sp³-hybridized carbons (Fsp3) is 0.680. The molecule has 1 saturated carbocycles. The van der Waals surface area contributed by atoms with Gasteiger partial charge in [-0.05, 0) is 63.1 Å². The highest BCUT2D eigenvalue weighted by atomic mass is 16.5. The van der Waals surface area contributed by atoms with E-state index in [-0.39, 0.29) is 11.9 Å². The van der Waals surface area contributed by atoms with Gasteiger partial charge < -0.3 is 14.5 Å². The van der Waals surface area contributed by atoms with E-state index in [2.05, 4.69) is 16.7 Å². The van der Waals surface area contributed by atoms with Gasteiger partial charge in [0.25, 0.3) is 5.91 Å². The Balaban J connectivity index is 1.43. The van der Waals surface area contributed by atoms with Crippen molar-refractivity contribution >= 4 is 11.8 Å². The van der Waals surface area contributed by atoms with Crippen LogP contribution in [0.25, 0.3) is 0 Å². The predicted octanol–water partition coefficient (Wildman–Crippen LogP) is 3.41. The molecule has 4 rings (SSSR count). The molecule has 0 radical (unpaired) electrons. The topological polar surface area (TPSA) is 53.1 Å². The summed E-state index contributed by atoms with van der Waals surface area (Å²) in [6.45, 7) is 5.98. The Hall–Kier alpha value is -2.08. The Bertz CT molecular complexity index is 769. The number of ether oxygens (including phenoxy) is 1. The smallest absolute Gasteiger partial charge is 0.254 e. The number of amides is 2. The number of rotatable bonds is 5. The van der Waals surface area contributed by atoms with Gasteiger partial charge in [0, 0.05) is 44.3 Å². The molecule has 6 heteroatoms. The third-order valence-electron chi connectivity index (χ3n) is 7.50. The fourth-order valence-electron chi connectivity index (χ4n) is 5.67. The van der Waals surface area contributed by atoms with E-state index < -0.39 is 0 Å². The monoisotopic (exact) mass is 427 g/mol. The van der Waals surface area contributed by atoms with Gasteiger partial charge in [-0.15, -0.1) is 0 Å². The minimum atomic E-state index is -0.0166. The largest absolute Gasteiger partial charge is 0.497 e. The Morgan fingerprint density at radius 3 is 2.35 bits per heavy atom. The minimum Gasteiger partial charge on any atom is -0.497 e. The second-order valence-electron chi connectivity index (χ2n) is 9.43. The normalized spacial score (nSPS) is 24.3. The average molecular weight is 428 g/mol. The van der Waals surface area contributed by atoms with Crippen LogP contribution in [0.3, 0.4) is 0 Å². The Labute approximate surface area is 186 Å². The van der Waals surface area contributed by atoms with Crippen LogP contribution in [-0.2, 0) is 4.79 Å². The van der Waals surface area contributed by atoms with Crippen molar-refractivity contribution in [3.05, 3.63) is 29.8 Å². The molecule has 6 nitrogen and oxygen atoms in total. The highest BCUT2D eigenvalue weighted by Gasteiger charge is 2.40. The molecule has 1 aliphatic carbocycles. The summed E-state index contributed by atoms with van der Waals surface area (Å²) in [5, 5.41) is 0. The summed E-state index contributed by atoms with van der Waals surface area (Å²) >= 11 is 0. The Morgan fingerprint density at radius 1 is 0.968 bits per heavy atom. The molecule has 1 aromatic rings. The number of benzene rings is 1. The van der Waals surface area contributed by atoms with Crippen molar-refractivity contribution in [2.24, 2.45) is 5.92 Å². The maximum absolute atomic E-state index is 13.7. The van der Waals surface area contributed by atoms with E-state index in [1.807, 2.05) is 23.1 Å². The van der Waals surface area contributed by atoms with Gasteiger partial charge in [0.15, 0.2) is 0 Å². The molecule has 0 spiro atoms. The summed E-state index contributed by atoms with van der Waals surface area (Å²) in [6.07, 6.45) is 8.24. The number of likely N-dealkylation sites (tertiary alicyclic amines) is 1. The molecular formula is C25H37N3O3. The fourth-order valence-corrected chi connectivity index (χ4v) is 5.67. The SMILES string of the molecule is COc1cccc(C(=O)N2CCN([C@@H](C(=O)N3CCCC[C@@H]3C)C3CCCC3)CC2)c1. The number of carbonyl (C=O) groups excluding carboxylic acids is 2. The van der Waals surface area contributed by atoms with Crippen molar-refractivity contribution in [1.29, 1.82) is 0 Å². The van der Waals surface area contributed by atoms with Crippen molar-refractivity contribution in [2.45, 2.75) is 64.0 Å². The lowest BCUT2D eigenvalue weighted by Crippen LogP contribution is -2.60. The lowest BCUT2D eigenvalue weighted by atomic mass is 9.92. The van der Waals surface area contributed by atoms with Crippen LogP contribution in [0.2, 0.25) is 0 Å². The van der Waals surface area contributed by atoms with Gasteiger partial charge in [-0.3, -0.25) is 14.5 Å². The third-order valence-corrected chi connectivity index (χ3v) is 7.50. The molecule has 1 aromatic carbocycles. The molecule has 0 N–H and O–H groups in total. The maximum Gasteiger partial charge on any atom is 0.254 e. The molecule has 2 atom stereocenters. The highest BCUT2D eigenvalue weighted by Crippen LogP contribution is 2.33. The summed E-state index contributed by atoms with van der Waals surface area (Å²) in [4.78, 5) is 33.2. The van der Waals surface area contributed by atoms with Gasteiger partial charge in [-0.1, -0.05) is 18.9 Å². The van der Waals surface area contributed by atoms with Crippen LogP contribution in [0.5, 0.6) is 5.75 Å². The molecule has 0 unspecified atom stereocenters. The third kappa shape index (κ3) is 4.89. The Morgan fingerprint density at radius 2 is 1.68 bits per heavy atom.